The summed E-state index contributed by atoms with van der Waals surface area (Å²) in [5.74, 6) is 1.45. The molecule has 1 aromatic rings. The fourth-order valence-corrected chi connectivity index (χ4v) is 3.00. The Morgan fingerprint density at radius 2 is 2.10 bits per heavy atom. The number of nitrogens with zero attached hydrogens (tertiary/aromatic N) is 3. The lowest BCUT2D eigenvalue weighted by Gasteiger charge is -2.39. The van der Waals surface area contributed by atoms with Gasteiger partial charge in [-0.1, -0.05) is 19.8 Å². The molecule has 0 aromatic carbocycles. The molecule has 2 unspecified atom stereocenters. The van der Waals surface area contributed by atoms with E-state index in [0.717, 1.165) is 19.3 Å². The Kier molecular flexibility index (Phi) is 4.99. The minimum Gasteiger partial charge on any atom is -0.394 e. The summed E-state index contributed by atoms with van der Waals surface area (Å²) in [4.78, 5) is 12.4. The summed E-state index contributed by atoms with van der Waals surface area (Å²) >= 11 is 5.92. The zero-order valence-corrected chi connectivity index (χ0v) is 12.7. The standard InChI is InChI=1S/C13H22ClN5O/c1-3-15-11-16-10(14)17-12(18-11)19-13(8-20)6-4-5-9(2)7-13/h9,20H,3-8H2,1-2H3,(H2,15,16,17,18,19). The number of nitrogens with one attached hydrogen (secondary N) is 2. The Hall–Kier alpha value is -1.14. The molecule has 0 bridgehead atoms. The van der Waals surface area contributed by atoms with Crippen molar-refractivity contribution in [3.63, 3.8) is 0 Å². The van der Waals surface area contributed by atoms with Gasteiger partial charge in [0.05, 0.1) is 12.1 Å². The average Bonchev–Trinajstić information content (AvgIpc) is 2.38. The molecule has 0 amide bonds. The van der Waals surface area contributed by atoms with Gasteiger partial charge in [0.1, 0.15) is 0 Å². The fraction of sp³-hybridized carbons (Fsp3) is 0.769. The van der Waals surface area contributed by atoms with E-state index >= 15 is 0 Å². The number of hydrogen-bond donors (Lipinski definition) is 3. The second kappa shape index (κ2) is 6.54. The third-order valence-electron chi connectivity index (χ3n) is 3.71. The van der Waals surface area contributed by atoms with Gasteiger partial charge < -0.3 is 15.7 Å². The molecular weight excluding hydrogens is 278 g/mol. The van der Waals surface area contributed by atoms with E-state index in [2.05, 4.69) is 32.5 Å². The molecule has 1 fully saturated rings. The molecule has 2 atom stereocenters. The van der Waals surface area contributed by atoms with E-state index in [1.54, 1.807) is 0 Å². The summed E-state index contributed by atoms with van der Waals surface area (Å²) in [5.41, 5.74) is -0.355. The molecule has 6 nitrogen and oxygen atoms in total. The van der Waals surface area contributed by atoms with Crippen LogP contribution in [0.4, 0.5) is 11.9 Å². The molecule has 0 aliphatic heterocycles. The van der Waals surface area contributed by atoms with Gasteiger partial charge in [-0.05, 0) is 37.3 Å². The Balaban J connectivity index is 2.18. The lowest BCUT2D eigenvalue weighted by molar-refractivity contribution is 0.149. The number of hydrogen-bond acceptors (Lipinski definition) is 6. The van der Waals surface area contributed by atoms with E-state index in [9.17, 15) is 5.11 Å². The van der Waals surface area contributed by atoms with Crippen LogP contribution >= 0.6 is 11.6 Å². The van der Waals surface area contributed by atoms with E-state index in [0.29, 0.717) is 24.4 Å². The van der Waals surface area contributed by atoms with Crippen LogP contribution in [0.2, 0.25) is 5.28 Å². The molecule has 20 heavy (non-hydrogen) atoms. The maximum Gasteiger partial charge on any atom is 0.229 e. The first kappa shape index (κ1) is 15.3. The summed E-state index contributed by atoms with van der Waals surface area (Å²) in [7, 11) is 0. The van der Waals surface area contributed by atoms with E-state index in [-0.39, 0.29) is 17.4 Å². The van der Waals surface area contributed by atoms with Crippen molar-refractivity contribution in [1.29, 1.82) is 0 Å². The maximum atomic E-state index is 9.78. The molecule has 2 rings (SSSR count). The highest BCUT2D eigenvalue weighted by Gasteiger charge is 2.35. The molecule has 1 heterocycles. The van der Waals surface area contributed by atoms with Gasteiger partial charge >= 0.3 is 0 Å². The van der Waals surface area contributed by atoms with Crippen LogP contribution in [0.5, 0.6) is 0 Å². The van der Waals surface area contributed by atoms with Crippen molar-refractivity contribution in [1.82, 2.24) is 15.0 Å². The van der Waals surface area contributed by atoms with Crippen LogP contribution in [-0.2, 0) is 0 Å². The summed E-state index contributed by atoms with van der Waals surface area (Å²) in [6, 6.07) is 0. The lowest BCUT2D eigenvalue weighted by atomic mass is 9.77. The van der Waals surface area contributed by atoms with Crippen LogP contribution < -0.4 is 10.6 Å². The van der Waals surface area contributed by atoms with Crippen LogP contribution in [0.1, 0.15) is 39.5 Å². The number of aliphatic hydroxyl groups is 1. The molecule has 1 aliphatic rings. The van der Waals surface area contributed by atoms with Crippen LogP contribution in [0.25, 0.3) is 0 Å². The maximum absolute atomic E-state index is 9.78. The first-order valence-corrected chi connectivity index (χ1v) is 7.49. The van der Waals surface area contributed by atoms with Gasteiger partial charge in [-0.15, -0.1) is 0 Å². The van der Waals surface area contributed by atoms with Crippen molar-refractivity contribution >= 4 is 23.5 Å². The largest absolute Gasteiger partial charge is 0.394 e. The SMILES string of the molecule is CCNc1nc(Cl)nc(NC2(CO)CCCC(C)C2)n1. The van der Waals surface area contributed by atoms with Gasteiger partial charge in [-0.2, -0.15) is 15.0 Å². The number of aliphatic hydroxyl groups excluding tert-OH is 1. The van der Waals surface area contributed by atoms with Crippen molar-refractivity contribution in [3.05, 3.63) is 5.28 Å². The molecule has 1 aromatic heterocycles. The molecule has 3 N–H and O–H groups in total. The zero-order valence-electron chi connectivity index (χ0n) is 12.0. The second-order valence-corrected chi connectivity index (χ2v) is 5.89. The summed E-state index contributed by atoms with van der Waals surface area (Å²) in [6.45, 7) is 4.94. The normalized spacial score (nSPS) is 26.3. The zero-order chi connectivity index (χ0) is 14.6. The Morgan fingerprint density at radius 1 is 1.35 bits per heavy atom. The topological polar surface area (TPSA) is 83.0 Å². The smallest absolute Gasteiger partial charge is 0.229 e. The van der Waals surface area contributed by atoms with Gasteiger partial charge in [0.25, 0.3) is 0 Å². The predicted octanol–water partition coefficient (Wildman–Crippen LogP) is 2.31. The van der Waals surface area contributed by atoms with E-state index < -0.39 is 0 Å². The van der Waals surface area contributed by atoms with Crippen molar-refractivity contribution < 1.29 is 5.11 Å². The number of rotatable bonds is 5. The second-order valence-electron chi connectivity index (χ2n) is 5.55. The number of halogens is 1. The first-order chi connectivity index (χ1) is 9.57. The van der Waals surface area contributed by atoms with Crippen LogP contribution in [0.15, 0.2) is 0 Å². The quantitative estimate of drug-likeness (QED) is 0.774. The molecule has 0 spiro atoms. The van der Waals surface area contributed by atoms with Crippen molar-refractivity contribution in [2.45, 2.75) is 45.1 Å². The van der Waals surface area contributed by atoms with Gasteiger partial charge in [-0.3, -0.25) is 0 Å². The van der Waals surface area contributed by atoms with Crippen molar-refractivity contribution in [2.75, 3.05) is 23.8 Å². The highest BCUT2D eigenvalue weighted by Crippen LogP contribution is 2.34. The molecule has 1 aliphatic carbocycles. The van der Waals surface area contributed by atoms with Crippen LogP contribution in [-0.4, -0.2) is 38.7 Å². The summed E-state index contributed by atoms with van der Waals surface area (Å²) in [5, 5.41) is 16.2. The number of aromatic nitrogens is 3. The minimum absolute atomic E-state index is 0.0666. The summed E-state index contributed by atoms with van der Waals surface area (Å²) in [6.07, 6.45) is 4.11. The highest BCUT2D eigenvalue weighted by atomic mass is 35.5. The molecule has 0 saturated heterocycles. The van der Waals surface area contributed by atoms with E-state index in [4.69, 9.17) is 11.6 Å². The van der Waals surface area contributed by atoms with E-state index in [1.165, 1.54) is 6.42 Å². The Morgan fingerprint density at radius 3 is 2.75 bits per heavy atom. The summed E-state index contributed by atoms with van der Waals surface area (Å²) < 4.78 is 0. The van der Waals surface area contributed by atoms with Crippen LogP contribution in [0, 0.1) is 5.92 Å². The number of anilines is 2. The van der Waals surface area contributed by atoms with Gasteiger partial charge in [0.15, 0.2) is 0 Å². The third-order valence-corrected chi connectivity index (χ3v) is 3.88. The first-order valence-electron chi connectivity index (χ1n) is 7.11. The third kappa shape index (κ3) is 3.70. The van der Waals surface area contributed by atoms with Gasteiger partial charge in [0.2, 0.25) is 17.2 Å². The molecule has 112 valence electrons. The molecule has 7 heteroatoms. The molecule has 1 saturated carbocycles. The minimum atomic E-state index is -0.355. The Bertz CT molecular complexity index is 458. The Labute approximate surface area is 124 Å². The van der Waals surface area contributed by atoms with Crippen molar-refractivity contribution in [3.8, 4) is 0 Å². The molecule has 0 radical (unpaired) electrons. The molecular formula is C13H22ClN5O. The van der Waals surface area contributed by atoms with Gasteiger partial charge in [-0.25, -0.2) is 0 Å². The lowest BCUT2D eigenvalue weighted by Crippen LogP contribution is -2.46. The predicted molar refractivity (Wildman–Crippen MR) is 80.1 cm³/mol. The fourth-order valence-electron chi connectivity index (χ4n) is 2.84. The van der Waals surface area contributed by atoms with E-state index in [1.807, 2.05) is 6.92 Å². The highest BCUT2D eigenvalue weighted by molar-refractivity contribution is 6.28. The average molecular weight is 300 g/mol. The van der Waals surface area contributed by atoms with Crippen molar-refractivity contribution in [2.24, 2.45) is 5.92 Å². The monoisotopic (exact) mass is 299 g/mol. The van der Waals surface area contributed by atoms with Gasteiger partial charge in [0, 0.05) is 6.54 Å². The van der Waals surface area contributed by atoms with Crippen LogP contribution in [0.3, 0.4) is 0 Å².